The van der Waals surface area contributed by atoms with Gasteiger partial charge in [-0.1, -0.05) is 17.7 Å². The quantitative estimate of drug-likeness (QED) is 0.381. The lowest BCUT2D eigenvalue weighted by atomic mass is 10.2. The van der Waals surface area contributed by atoms with E-state index in [4.69, 9.17) is 16.7 Å². The van der Waals surface area contributed by atoms with Crippen molar-refractivity contribution in [2.45, 2.75) is 23.8 Å². The van der Waals surface area contributed by atoms with Crippen molar-refractivity contribution in [1.29, 1.82) is 0 Å². The fraction of sp³-hybridized carbons (Fsp3) is 0.227. The Labute approximate surface area is 201 Å². The molecule has 12 heteroatoms. The number of aromatic nitrogens is 7. The number of nitrogens with one attached hydrogen (secondary N) is 1. The van der Waals surface area contributed by atoms with E-state index in [-0.39, 0.29) is 11.6 Å². The highest BCUT2D eigenvalue weighted by Gasteiger charge is 2.35. The van der Waals surface area contributed by atoms with Gasteiger partial charge in [0.2, 0.25) is 0 Å². The molecule has 2 atom stereocenters. The molecule has 1 aliphatic heterocycles. The lowest BCUT2D eigenvalue weighted by molar-refractivity contribution is 0.597. The summed E-state index contributed by atoms with van der Waals surface area (Å²) >= 11 is 5.09. The van der Waals surface area contributed by atoms with Crippen LogP contribution in [-0.4, -0.2) is 51.5 Å². The smallest absolute Gasteiger partial charge is 0.285 e. The van der Waals surface area contributed by atoms with Crippen LogP contribution in [0.25, 0.3) is 22.4 Å². The third-order valence-electron chi connectivity index (χ3n) is 6.09. The Bertz CT molecular complexity index is 1580. The molecule has 5 aromatic heterocycles. The molecule has 0 amide bonds. The summed E-state index contributed by atoms with van der Waals surface area (Å²) in [6.45, 7) is 0.695. The third-order valence-corrected chi connectivity index (χ3v) is 7.33. The second kappa shape index (κ2) is 8.12. The number of anilines is 1. The predicted molar refractivity (Wildman–Crippen MR) is 129 cm³/mol. The molecule has 1 N–H and O–H groups in total. The van der Waals surface area contributed by atoms with Crippen LogP contribution in [0.5, 0.6) is 0 Å². The van der Waals surface area contributed by atoms with E-state index in [1.54, 1.807) is 43.0 Å². The van der Waals surface area contributed by atoms with Crippen LogP contribution in [0.1, 0.15) is 24.7 Å². The number of fused-ring (bicyclic) bond motifs is 2. The van der Waals surface area contributed by atoms with Crippen molar-refractivity contribution >= 4 is 45.1 Å². The molecule has 0 unspecified atom stereocenters. The number of pyridine rings is 1. The van der Waals surface area contributed by atoms with Crippen molar-refractivity contribution in [2.75, 3.05) is 17.7 Å². The number of hydrogen-bond donors (Lipinski definition) is 1. The maximum Gasteiger partial charge on any atom is 0.285 e. The Morgan fingerprint density at radius 1 is 1.24 bits per heavy atom. The molecule has 5 aromatic rings. The summed E-state index contributed by atoms with van der Waals surface area (Å²) in [6.07, 6.45) is 9.76. The lowest BCUT2D eigenvalue weighted by Gasteiger charge is -2.27. The van der Waals surface area contributed by atoms with Crippen LogP contribution in [0.3, 0.4) is 0 Å². The van der Waals surface area contributed by atoms with E-state index in [0.717, 1.165) is 12.8 Å². The fourth-order valence-corrected chi connectivity index (χ4v) is 5.55. The molecular formula is C22H19ClN8O2S. The van der Waals surface area contributed by atoms with Crippen molar-refractivity contribution in [3.63, 3.8) is 0 Å². The topological polar surface area (TPSA) is 120 Å². The minimum Gasteiger partial charge on any atom is -0.612 e. The zero-order chi connectivity index (χ0) is 23.4. The molecule has 0 aromatic carbocycles. The van der Waals surface area contributed by atoms with Crippen LogP contribution in [0, 0.1) is 0 Å². The van der Waals surface area contributed by atoms with E-state index in [1.807, 2.05) is 6.07 Å². The van der Waals surface area contributed by atoms with E-state index in [0.29, 0.717) is 50.5 Å². The second-order valence-electron chi connectivity index (χ2n) is 8.02. The first-order chi connectivity index (χ1) is 16.5. The summed E-state index contributed by atoms with van der Waals surface area (Å²) in [5.41, 5.74) is 0.610. The molecule has 6 rings (SSSR count). The highest BCUT2D eigenvalue weighted by atomic mass is 35.5. The van der Waals surface area contributed by atoms with Gasteiger partial charge in [0.1, 0.15) is 40.8 Å². The average molecular weight is 495 g/mol. The molecule has 0 radical (unpaired) electrons. The zero-order valence-corrected chi connectivity index (χ0v) is 19.6. The van der Waals surface area contributed by atoms with Crippen molar-refractivity contribution in [3.8, 4) is 5.82 Å². The van der Waals surface area contributed by atoms with Crippen molar-refractivity contribution in [1.82, 2.24) is 34.1 Å². The van der Waals surface area contributed by atoms with E-state index in [9.17, 15) is 9.35 Å². The second-order valence-corrected chi connectivity index (χ2v) is 9.78. The lowest BCUT2D eigenvalue weighted by Crippen LogP contribution is -2.33. The van der Waals surface area contributed by atoms with Crippen molar-refractivity contribution in [2.24, 2.45) is 0 Å². The number of aromatic amines is 1. The Morgan fingerprint density at radius 3 is 2.91 bits per heavy atom. The Balaban J connectivity index is 1.59. The Kier molecular flexibility index (Phi) is 5.05. The van der Waals surface area contributed by atoms with Gasteiger partial charge in [-0.25, -0.2) is 24.0 Å². The van der Waals surface area contributed by atoms with Crippen LogP contribution in [-0.2, 0) is 11.2 Å². The molecular weight excluding hydrogens is 476 g/mol. The van der Waals surface area contributed by atoms with Gasteiger partial charge in [-0.05, 0) is 42.2 Å². The maximum atomic E-state index is 13.6. The summed E-state index contributed by atoms with van der Waals surface area (Å²) in [4.78, 5) is 32.8. The number of H-pyrrole nitrogens is 1. The fourth-order valence-electron chi connectivity index (χ4n) is 4.62. The van der Waals surface area contributed by atoms with E-state index >= 15 is 0 Å². The standard InChI is InChI=1S/C22H19ClN8O2S/c1-34(33)15-11-25-19-17(15)21(27-12-26-19)29-9-4-5-14(29)20-28-30-10-7-13(23)18(30)22(32)31(20)16-6-2-3-8-24-16/h2-3,6-8,10-12,14H,4-5,9H2,1H3,(H,25,26,27)/t14-,34-/m0/s1. The van der Waals surface area contributed by atoms with Crippen molar-refractivity contribution < 1.29 is 4.55 Å². The SMILES string of the molecule is C[S@+]([O-])c1c[nH]c2ncnc(N3CCC[C@H]3c3nn4ccc(Cl)c4c(=O)n3-c3ccccn3)c12. The number of hydrogen-bond acceptors (Lipinski definition) is 7. The van der Waals surface area contributed by atoms with Gasteiger partial charge in [-0.15, -0.1) is 0 Å². The first-order valence-electron chi connectivity index (χ1n) is 10.7. The minimum atomic E-state index is -1.23. The normalized spacial score (nSPS) is 17.1. The highest BCUT2D eigenvalue weighted by Crippen LogP contribution is 2.39. The first kappa shape index (κ1) is 21.1. The van der Waals surface area contributed by atoms with Crippen LogP contribution >= 0.6 is 11.6 Å². The summed E-state index contributed by atoms with van der Waals surface area (Å²) in [7, 11) is 0. The molecule has 172 valence electrons. The molecule has 34 heavy (non-hydrogen) atoms. The van der Waals surface area contributed by atoms with Gasteiger partial charge in [0.05, 0.1) is 17.3 Å². The van der Waals surface area contributed by atoms with E-state index in [2.05, 4.69) is 24.8 Å². The minimum absolute atomic E-state index is 0.272. The van der Waals surface area contributed by atoms with E-state index in [1.165, 1.54) is 15.4 Å². The summed E-state index contributed by atoms with van der Waals surface area (Å²) in [6, 6.07) is 6.77. The van der Waals surface area contributed by atoms with E-state index < -0.39 is 11.2 Å². The van der Waals surface area contributed by atoms with Gasteiger partial charge in [-0.3, -0.25) is 4.79 Å². The number of rotatable bonds is 4. The third kappa shape index (κ3) is 3.19. The molecule has 0 saturated carbocycles. The monoisotopic (exact) mass is 494 g/mol. The molecule has 1 aliphatic rings. The summed E-state index contributed by atoms with van der Waals surface area (Å²) in [5.74, 6) is 1.65. The van der Waals surface area contributed by atoms with Crippen LogP contribution in [0.4, 0.5) is 5.82 Å². The van der Waals surface area contributed by atoms with Crippen LogP contribution in [0.2, 0.25) is 5.02 Å². The van der Waals surface area contributed by atoms with Gasteiger partial charge in [0.25, 0.3) is 5.56 Å². The zero-order valence-electron chi connectivity index (χ0n) is 18.1. The average Bonchev–Trinajstić information content (AvgIpc) is 3.57. The van der Waals surface area contributed by atoms with Gasteiger partial charge in [0, 0.05) is 18.9 Å². The Hall–Kier alpha value is -3.41. The maximum absolute atomic E-state index is 13.6. The molecule has 1 fully saturated rings. The summed E-state index contributed by atoms with van der Waals surface area (Å²) in [5, 5.41) is 5.86. The van der Waals surface area contributed by atoms with Gasteiger partial charge < -0.3 is 14.4 Å². The van der Waals surface area contributed by atoms with Gasteiger partial charge >= 0.3 is 0 Å². The molecule has 0 aliphatic carbocycles. The summed E-state index contributed by atoms with van der Waals surface area (Å²) < 4.78 is 15.5. The molecule has 6 heterocycles. The number of nitrogens with zero attached hydrogens (tertiary/aromatic N) is 7. The number of halogens is 1. The molecule has 10 nitrogen and oxygen atoms in total. The van der Waals surface area contributed by atoms with Crippen LogP contribution in [0.15, 0.2) is 58.9 Å². The molecule has 0 bridgehead atoms. The first-order valence-corrected chi connectivity index (χ1v) is 12.6. The van der Waals surface area contributed by atoms with Crippen LogP contribution < -0.4 is 10.5 Å². The largest absolute Gasteiger partial charge is 0.612 e. The molecule has 1 saturated heterocycles. The van der Waals surface area contributed by atoms with Gasteiger partial charge in [0.15, 0.2) is 10.7 Å². The van der Waals surface area contributed by atoms with Crippen molar-refractivity contribution in [3.05, 3.63) is 70.4 Å². The Morgan fingerprint density at radius 2 is 2.12 bits per heavy atom. The molecule has 0 spiro atoms. The predicted octanol–water partition coefficient (Wildman–Crippen LogP) is 2.88. The highest BCUT2D eigenvalue weighted by molar-refractivity contribution is 7.91. The van der Waals surface area contributed by atoms with Gasteiger partial charge in [-0.2, -0.15) is 5.10 Å².